The average Bonchev–Trinajstić information content (AvgIpc) is 2.33. The molecule has 0 heterocycles. The lowest BCUT2D eigenvalue weighted by Crippen LogP contribution is -2.51. The minimum Gasteiger partial charge on any atom is -0.353 e. The van der Waals surface area contributed by atoms with Crippen molar-refractivity contribution in [1.29, 1.82) is 0 Å². The molecule has 0 saturated heterocycles. The van der Waals surface area contributed by atoms with Crippen LogP contribution in [0.2, 0.25) is 0 Å². The molecule has 6 heteroatoms. The highest BCUT2D eigenvalue weighted by molar-refractivity contribution is 5.93. The molecule has 1 atom stereocenters. The van der Waals surface area contributed by atoms with Crippen LogP contribution in [0, 0.1) is 10.8 Å². The van der Waals surface area contributed by atoms with Gasteiger partial charge in [0.1, 0.15) is 11.8 Å². The lowest BCUT2D eigenvalue weighted by Gasteiger charge is -2.25. The van der Waals surface area contributed by atoms with Crippen molar-refractivity contribution in [2.45, 2.75) is 60.4 Å². The van der Waals surface area contributed by atoms with E-state index in [4.69, 9.17) is 0 Å². The number of nitrogens with one attached hydrogen (secondary N) is 2. The molecule has 0 aliphatic heterocycles. The highest BCUT2D eigenvalue weighted by Gasteiger charge is 2.30. The molecule has 0 bridgehead atoms. The number of likely N-dealkylation sites (N-methyl/N-ethyl adjacent to an activating group) is 1. The summed E-state index contributed by atoms with van der Waals surface area (Å²) in [4.78, 5) is 38.8. The summed E-state index contributed by atoms with van der Waals surface area (Å²) in [6.45, 7) is 12.4. The first-order valence-electron chi connectivity index (χ1n) is 8.47. The van der Waals surface area contributed by atoms with Crippen molar-refractivity contribution in [3.8, 4) is 0 Å². The molecule has 0 spiro atoms. The van der Waals surface area contributed by atoms with Crippen molar-refractivity contribution in [3.63, 3.8) is 0 Å². The topological polar surface area (TPSA) is 78.5 Å². The molecule has 0 saturated carbocycles. The van der Waals surface area contributed by atoms with Gasteiger partial charge in [-0.1, -0.05) is 41.5 Å². The van der Waals surface area contributed by atoms with Gasteiger partial charge < -0.3 is 15.5 Å². The fourth-order valence-electron chi connectivity index (χ4n) is 2.00. The van der Waals surface area contributed by atoms with Crippen molar-refractivity contribution < 1.29 is 14.4 Å². The molecule has 0 fully saturated rings. The van der Waals surface area contributed by atoms with Crippen LogP contribution in [0.5, 0.6) is 0 Å². The fourth-order valence-corrected chi connectivity index (χ4v) is 2.00. The number of carbonyl (C=O) groups excluding carboxylic acids is 3. The van der Waals surface area contributed by atoms with E-state index in [1.165, 1.54) is 0 Å². The molecular formula is C18H35N3O3. The highest BCUT2D eigenvalue weighted by atomic mass is 16.2. The third-order valence-electron chi connectivity index (χ3n) is 3.32. The first kappa shape index (κ1) is 22.6. The first-order chi connectivity index (χ1) is 10.7. The third-order valence-corrected chi connectivity index (χ3v) is 3.32. The van der Waals surface area contributed by atoms with Crippen molar-refractivity contribution in [3.05, 3.63) is 0 Å². The Morgan fingerprint density at radius 1 is 1.00 bits per heavy atom. The highest BCUT2D eigenvalue weighted by Crippen LogP contribution is 2.20. The van der Waals surface area contributed by atoms with Crippen LogP contribution in [0.15, 0.2) is 0 Å². The van der Waals surface area contributed by atoms with Crippen molar-refractivity contribution in [2.75, 3.05) is 27.2 Å². The van der Waals surface area contributed by atoms with E-state index in [2.05, 4.69) is 10.6 Å². The molecule has 0 aliphatic carbocycles. The zero-order valence-corrected chi connectivity index (χ0v) is 16.6. The van der Waals surface area contributed by atoms with Crippen molar-refractivity contribution in [1.82, 2.24) is 15.5 Å². The summed E-state index contributed by atoms with van der Waals surface area (Å²) in [5.41, 5.74) is -0.758. The van der Waals surface area contributed by atoms with Crippen LogP contribution in [-0.2, 0) is 14.4 Å². The Morgan fingerprint density at radius 3 is 1.96 bits per heavy atom. The lowest BCUT2D eigenvalue weighted by atomic mass is 9.87. The van der Waals surface area contributed by atoms with Gasteiger partial charge in [0.25, 0.3) is 0 Å². The Hall–Kier alpha value is -1.43. The van der Waals surface area contributed by atoms with E-state index in [-0.39, 0.29) is 29.4 Å². The van der Waals surface area contributed by atoms with Crippen LogP contribution in [0.4, 0.5) is 0 Å². The van der Waals surface area contributed by atoms with E-state index in [1.54, 1.807) is 20.8 Å². The number of amides is 2. The van der Waals surface area contributed by atoms with E-state index in [0.29, 0.717) is 19.5 Å². The molecule has 1 unspecified atom stereocenters. The molecule has 0 aromatic carbocycles. The molecule has 24 heavy (non-hydrogen) atoms. The molecule has 0 radical (unpaired) electrons. The van der Waals surface area contributed by atoms with E-state index in [1.807, 2.05) is 39.8 Å². The summed E-state index contributed by atoms with van der Waals surface area (Å²) in [5, 5.41) is 5.52. The van der Waals surface area contributed by atoms with Crippen LogP contribution in [0.1, 0.15) is 54.4 Å². The SMILES string of the molecule is CN(C)CCNC(=O)C(CC(=O)CC(C)(C)C)NC(=O)C(C)(C)C. The standard InChI is InChI=1S/C18H35N3O3/c1-17(2,3)12-13(22)11-14(20-16(24)18(4,5)6)15(23)19-9-10-21(7)8/h14H,9-12H2,1-8H3,(H,19,23)(H,20,24). The largest absolute Gasteiger partial charge is 0.353 e. The van der Waals surface area contributed by atoms with Crippen molar-refractivity contribution in [2.24, 2.45) is 10.8 Å². The Morgan fingerprint density at radius 2 is 1.54 bits per heavy atom. The van der Waals surface area contributed by atoms with Gasteiger partial charge in [-0.15, -0.1) is 0 Å². The van der Waals surface area contributed by atoms with Gasteiger partial charge in [0.15, 0.2) is 0 Å². The van der Waals surface area contributed by atoms with E-state index >= 15 is 0 Å². The number of Topliss-reactive ketones (excluding diaryl/α,β-unsaturated/α-hetero) is 1. The second-order valence-electron chi connectivity index (χ2n) is 8.85. The Labute approximate surface area is 146 Å². The zero-order chi connectivity index (χ0) is 19.1. The first-order valence-corrected chi connectivity index (χ1v) is 8.47. The maximum Gasteiger partial charge on any atom is 0.243 e. The quantitative estimate of drug-likeness (QED) is 0.703. The summed E-state index contributed by atoms with van der Waals surface area (Å²) in [7, 11) is 3.83. The summed E-state index contributed by atoms with van der Waals surface area (Å²) in [6.07, 6.45) is 0.396. The number of rotatable bonds is 8. The zero-order valence-electron chi connectivity index (χ0n) is 16.6. The van der Waals surface area contributed by atoms with Crippen LogP contribution in [0.25, 0.3) is 0 Å². The average molecular weight is 341 g/mol. The van der Waals surface area contributed by atoms with E-state index < -0.39 is 11.5 Å². The Balaban J connectivity index is 4.91. The monoisotopic (exact) mass is 341 g/mol. The van der Waals surface area contributed by atoms with Gasteiger partial charge in [-0.3, -0.25) is 14.4 Å². The number of ketones is 1. The molecule has 0 aliphatic rings. The number of hydrogen-bond acceptors (Lipinski definition) is 4. The minimum absolute atomic E-state index is 0.0207. The summed E-state index contributed by atoms with van der Waals surface area (Å²) in [6, 6.07) is -0.825. The Kier molecular flexibility index (Phi) is 8.61. The van der Waals surface area contributed by atoms with Gasteiger partial charge in [-0.05, 0) is 19.5 Å². The Bertz CT molecular complexity index is 445. The third kappa shape index (κ3) is 10.4. The summed E-state index contributed by atoms with van der Waals surface area (Å²) < 4.78 is 0. The fraction of sp³-hybridized carbons (Fsp3) is 0.833. The van der Waals surface area contributed by atoms with Crippen molar-refractivity contribution >= 4 is 17.6 Å². The number of carbonyl (C=O) groups is 3. The lowest BCUT2D eigenvalue weighted by molar-refractivity contribution is -0.135. The predicted molar refractivity (Wildman–Crippen MR) is 96.6 cm³/mol. The van der Waals surface area contributed by atoms with Crippen LogP contribution >= 0.6 is 0 Å². The molecule has 6 nitrogen and oxygen atoms in total. The summed E-state index contributed by atoms with van der Waals surface area (Å²) >= 11 is 0. The predicted octanol–water partition coefficient (Wildman–Crippen LogP) is 1.59. The van der Waals surface area contributed by atoms with Gasteiger partial charge >= 0.3 is 0 Å². The second kappa shape index (κ2) is 9.16. The maximum absolute atomic E-state index is 12.4. The molecule has 140 valence electrons. The van der Waals surface area contributed by atoms with E-state index in [9.17, 15) is 14.4 Å². The molecule has 2 N–H and O–H groups in total. The minimum atomic E-state index is -0.825. The van der Waals surface area contributed by atoms with Gasteiger partial charge in [0.2, 0.25) is 11.8 Å². The molecule has 0 aromatic rings. The number of nitrogens with zero attached hydrogens (tertiary/aromatic N) is 1. The van der Waals surface area contributed by atoms with Crippen LogP contribution < -0.4 is 10.6 Å². The summed E-state index contributed by atoms with van der Waals surface area (Å²) in [5.74, 6) is -0.569. The van der Waals surface area contributed by atoms with Gasteiger partial charge in [-0.25, -0.2) is 0 Å². The second-order valence-corrected chi connectivity index (χ2v) is 8.85. The van der Waals surface area contributed by atoms with Gasteiger partial charge in [0, 0.05) is 31.3 Å². The molecular weight excluding hydrogens is 306 g/mol. The van der Waals surface area contributed by atoms with E-state index in [0.717, 1.165) is 0 Å². The maximum atomic E-state index is 12.4. The van der Waals surface area contributed by atoms with Gasteiger partial charge in [-0.2, -0.15) is 0 Å². The van der Waals surface area contributed by atoms with Crippen LogP contribution in [0.3, 0.4) is 0 Å². The normalized spacial score (nSPS) is 13.5. The molecule has 2 amide bonds. The smallest absolute Gasteiger partial charge is 0.243 e. The molecule has 0 aromatic heterocycles. The molecule has 0 rings (SSSR count). The van der Waals surface area contributed by atoms with Gasteiger partial charge in [0.05, 0.1) is 0 Å². The number of hydrogen-bond donors (Lipinski definition) is 2. The van der Waals surface area contributed by atoms with Crippen LogP contribution in [-0.4, -0.2) is 55.7 Å².